The fourth-order valence-electron chi connectivity index (χ4n) is 2.27. The van der Waals surface area contributed by atoms with E-state index in [4.69, 9.17) is 9.84 Å². The Morgan fingerprint density at radius 3 is 2.62 bits per heavy atom. The number of nitrogens with one attached hydrogen (secondary N) is 1. The van der Waals surface area contributed by atoms with Gasteiger partial charge in [0.1, 0.15) is 5.75 Å². The minimum Gasteiger partial charge on any atom is -0.482 e. The summed E-state index contributed by atoms with van der Waals surface area (Å²) in [5, 5.41) is 11.5. The Hall–Kier alpha value is -2.34. The molecule has 1 aromatic carbocycles. The van der Waals surface area contributed by atoms with E-state index in [-0.39, 0.29) is 12.5 Å². The molecule has 0 bridgehead atoms. The summed E-state index contributed by atoms with van der Waals surface area (Å²) in [7, 11) is 0. The van der Waals surface area contributed by atoms with Gasteiger partial charge in [-0.3, -0.25) is 4.79 Å². The summed E-state index contributed by atoms with van der Waals surface area (Å²) in [5.74, 6) is -0.572. The predicted octanol–water partition coefficient (Wildman–Crippen LogP) is 3.79. The Kier molecular flexibility index (Phi) is 6.37. The molecule has 24 heavy (non-hydrogen) atoms. The van der Waals surface area contributed by atoms with Crippen LogP contribution in [0.5, 0.6) is 5.75 Å². The Morgan fingerprint density at radius 2 is 2.00 bits per heavy atom. The van der Waals surface area contributed by atoms with E-state index in [0.29, 0.717) is 12.2 Å². The molecular weight excluding hydrogens is 326 g/mol. The van der Waals surface area contributed by atoms with E-state index in [1.54, 1.807) is 29.5 Å². The van der Waals surface area contributed by atoms with Crippen molar-refractivity contribution in [2.24, 2.45) is 0 Å². The first kappa shape index (κ1) is 18.0. The molecule has 0 saturated carbocycles. The SMILES string of the molecule is Cc1ccc(CCCC(=O)Nc2ccc(OCC(=O)O)cc2C)s1. The van der Waals surface area contributed by atoms with Crippen molar-refractivity contribution >= 4 is 28.9 Å². The molecule has 0 aliphatic rings. The van der Waals surface area contributed by atoms with Gasteiger partial charge in [0.2, 0.25) is 5.91 Å². The molecule has 0 aliphatic carbocycles. The van der Waals surface area contributed by atoms with Crippen LogP contribution in [0.15, 0.2) is 30.3 Å². The number of thiophene rings is 1. The monoisotopic (exact) mass is 347 g/mol. The fraction of sp³-hybridized carbons (Fsp3) is 0.333. The molecule has 0 spiro atoms. The average Bonchev–Trinajstić information content (AvgIpc) is 2.93. The molecule has 2 aromatic rings. The molecule has 128 valence electrons. The van der Waals surface area contributed by atoms with Crippen LogP contribution in [0.25, 0.3) is 0 Å². The van der Waals surface area contributed by atoms with Crippen LogP contribution in [0.3, 0.4) is 0 Å². The molecule has 0 unspecified atom stereocenters. The van der Waals surface area contributed by atoms with Gasteiger partial charge < -0.3 is 15.2 Å². The van der Waals surface area contributed by atoms with Crippen molar-refractivity contribution in [1.29, 1.82) is 0 Å². The highest BCUT2D eigenvalue weighted by atomic mass is 32.1. The molecule has 1 aromatic heterocycles. The van der Waals surface area contributed by atoms with E-state index in [2.05, 4.69) is 24.4 Å². The van der Waals surface area contributed by atoms with Gasteiger partial charge in [0, 0.05) is 21.9 Å². The number of hydrogen-bond donors (Lipinski definition) is 2. The average molecular weight is 347 g/mol. The highest BCUT2D eigenvalue weighted by Gasteiger charge is 2.07. The van der Waals surface area contributed by atoms with Crippen LogP contribution in [-0.2, 0) is 16.0 Å². The second kappa shape index (κ2) is 8.49. The van der Waals surface area contributed by atoms with Crippen molar-refractivity contribution in [3.05, 3.63) is 45.6 Å². The maximum atomic E-state index is 12.0. The Balaban J connectivity index is 1.81. The van der Waals surface area contributed by atoms with Gasteiger partial charge >= 0.3 is 5.97 Å². The van der Waals surface area contributed by atoms with Crippen LogP contribution in [-0.4, -0.2) is 23.6 Å². The summed E-state index contributed by atoms with van der Waals surface area (Å²) in [5.41, 5.74) is 1.55. The van der Waals surface area contributed by atoms with Crippen LogP contribution < -0.4 is 10.1 Å². The number of carboxylic acid groups (broad SMARTS) is 1. The van der Waals surface area contributed by atoms with Crippen molar-refractivity contribution in [3.8, 4) is 5.75 Å². The number of hydrogen-bond acceptors (Lipinski definition) is 4. The van der Waals surface area contributed by atoms with Gasteiger partial charge in [-0.15, -0.1) is 11.3 Å². The quantitative estimate of drug-likeness (QED) is 0.762. The predicted molar refractivity (Wildman–Crippen MR) is 94.9 cm³/mol. The van der Waals surface area contributed by atoms with E-state index in [1.807, 2.05) is 6.92 Å². The molecule has 1 heterocycles. The topological polar surface area (TPSA) is 75.6 Å². The zero-order chi connectivity index (χ0) is 17.5. The number of benzene rings is 1. The number of aliphatic carboxylic acids is 1. The number of carboxylic acids is 1. The van der Waals surface area contributed by atoms with Gasteiger partial charge in [-0.05, 0) is 62.6 Å². The highest BCUT2D eigenvalue weighted by Crippen LogP contribution is 2.22. The normalized spacial score (nSPS) is 10.4. The number of rotatable bonds is 8. The molecule has 1 amide bonds. The number of ether oxygens (including phenoxy) is 1. The highest BCUT2D eigenvalue weighted by molar-refractivity contribution is 7.11. The zero-order valence-electron chi connectivity index (χ0n) is 13.8. The lowest BCUT2D eigenvalue weighted by Crippen LogP contribution is -2.13. The number of anilines is 1. The van der Waals surface area contributed by atoms with Gasteiger partial charge in [-0.25, -0.2) is 4.79 Å². The maximum Gasteiger partial charge on any atom is 0.341 e. The van der Waals surface area contributed by atoms with Gasteiger partial charge in [-0.2, -0.15) is 0 Å². The van der Waals surface area contributed by atoms with Gasteiger partial charge in [-0.1, -0.05) is 0 Å². The number of carbonyl (C=O) groups is 2. The summed E-state index contributed by atoms with van der Waals surface area (Å²) in [6.07, 6.45) is 2.19. The molecule has 0 fully saturated rings. The summed E-state index contributed by atoms with van der Waals surface area (Å²) in [4.78, 5) is 25.1. The van der Waals surface area contributed by atoms with E-state index >= 15 is 0 Å². The first-order valence-electron chi connectivity index (χ1n) is 7.74. The summed E-state index contributed by atoms with van der Waals surface area (Å²) >= 11 is 1.77. The molecule has 2 rings (SSSR count). The first-order valence-corrected chi connectivity index (χ1v) is 8.56. The molecule has 0 radical (unpaired) electrons. The van der Waals surface area contributed by atoms with Crippen molar-refractivity contribution in [2.45, 2.75) is 33.1 Å². The van der Waals surface area contributed by atoms with Crippen molar-refractivity contribution < 1.29 is 19.4 Å². The maximum absolute atomic E-state index is 12.0. The lowest BCUT2D eigenvalue weighted by Gasteiger charge is -2.10. The molecular formula is C18H21NO4S. The standard InChI is InChI=1S/C18H21NO4S/c1-12-10-14(23-11-18(21)22)7-9-16(12)19-17(20)5-3-4-15-8-6-13(2)24-15/h6-10H,3-5,11H2,1-2H3,(H,19,20)(H,21,22). The van der Waals surface area contributed by atoms with Crippen LogP contribution in [0.2, 0.25) is 0 Å². The first-order chi connectivity index (χ1) is 11.4. The Labute approximate surface area is 145 Å². The summed E-state index contributed by atoms with van der Waals surface area (Å²) in [6.45, 7) is 3.54. The second-order valence-corrected chi connectivity index (χ2v) is 6.95. The van der Waals surface area contributed by atoms with Crippen LogP contribution in [0.1, 0.15) is 28.2 Å². The zero-order valence-corrected chi connectivity index (χ0v) is 14.6. The van der Waals surface area contributed by atoms with Crippen molar-refractivity contribution in [1.82, 2.24) is 0 Å². The van der Waals surface area contributed by atoms with Crippen LogP contribution in [0, 0.1) is 13.8 Å². The van der Waals surface area contributed by atoms with Gasteiger partial charge in [0.05, 0.1) is 0 Å². The third kappa shape index (κ3) is 5.70. The van der Waals surface area contributed by atoms with E-state index < -0.39 is 5.97 Å². The fourth-order valence-corrected chi connectivity index (χ4v) is 3.20. The summed E-state index contributed by atoms with van der Waals surface area (Å²) in [6, 6.07) is 9.30. The van der Waals surface area contributed by atoms with Crippen molar-refractivity contribution in [2.75, 3.05) is 11.9 Å². The second-order valence-electron chi connectivity index (χ2n) is 5.57. The molecule has 0 aliphatic heterocycles. The lowest BCUT2D eigenvalue weighted by molar-refractivity contribution is -0.139. The number of carbonyl (C=O) groups excluding carboxylic acids is 1. The third-order valence-corrected chi connectivity index (χ3v) is 4.52. The number of aryl methyl sites for hydroxylation is 3. The molecule has 0 atom stereocenters. The minimum absolute atomic E-state index is 0.0226. The Morgan fingerprint density at radius 1 is 1.21 bits per heavy atom. The number of amides is 1. The largest absolute Gasteiger partial charge is 0.482 e. The van der Waals surface area contributed by atoms with Gasteiger partial charge in [0.25, 0.3) is 0 Å². The molecule has 5 nitrogen and oxygen atoms in total. The lowest BCUT2D eigenvalue weighted by atomic mass is 10.1. The molecule has 6 heteroatoms. The van der Waals surface area contributed by atoms with Crippen molar-refractivity contribution in [3.63, 3.8) is 0 Å². The van der Waals surface area contributed by atoms with Crippen LogP contribution in [0.4, 0.5) is 5.69 Å². The van der Waals surface area contributed by atoms with E-state index in [1.165, 1.54) is 9.75 Å². The summed E-state index contributed by atoms with van der Waals surface area (Å²) < 4.78 is 5.11. The Bertz CT molecular complexity index is 724. The van der Waals surface area contributed by atoms with Crippen LogP contribution >= 0.6 is 11.3 Å². The molecule has 0 saturated heterocycles. The smallest absolute Gasteiger partial charge is 0.341 e. The minimum atomic E-state index is -1.02. The van der Waals surface area contributed by atoms with Gasteiger partial charge in [0.15, 0.2) is 6.61 Å². The third-order valence-electron chi connectivity index (χ3n) is 3.46. The van der Waals surface area contributed by atoms with E-state index in [9.17, 15) is 9.59 Å². The van der Waals surface area contributed by atoms with E-state index in [0.717, 1.165) is 24.1 Å². The molecule has 2 N–H and O–H groups in total.